The van der Waals surface area contributed by atoms with Crippen molar-refractivity contribution in [2.75, 3.05) is 6.61 Å². The third-order valence-corrected chi connectivity index (χ3v) is 2.51. The molecule has 0 amide bonds. The molecule has 17 heavy (non-hydrogen) atoms. The molecule has 1 aliphatic heterocycles. The van der Waals surface area contributed by atoms with Crippen molar-refractivity contribution >= 4 is 5.69 Å². The van der Waals surface area contributed by atoms with E-state index in [9.17, 15) is 14.5 Å². The topological polar surface area (TPSA) is 61.6 Å². The lowest BCUT2D eigenvalue weighted by Crippen LogP contribution is -2.25. The normalized spacial score (nSPS) is 19.9. The molecule has 1 heterocycles. The minimum atomic E-state index is -0.600. The molecule has 92 valence electrons. The van der Waals surface area contributed by atoms with Gasteiger partial charge in [0.1, 0.15) is 5.82 Å². The van der Waals surface area contributed by atoms with Gasteiger partial charge in [0.05, 0.1) is 11.5 Å². The summed E-state index contributed by atoms with van der Waals surface area (Å²) in [5.41, 5.74) is -0.249. The summed E-state index contributed by atoms with van der Waals surface area (Å²) in [6.45, 7) is 0.563. The van der Waals surface area contributed by atoms with Crippen molar-refractivity contribution in [3.63, 3.8) is 0 Å². The first-order valence-electron chi connectivity index (χ1n) is 5.39. The summed E-state index contributed by atoms with van der Waals surface area (Å²) in [5, 5.41) is 10.7. The van der Waals surface area contributed by atoms with Gasteiger partial charge in [-0.2, -0.15) is 0 Å². The van der Waals surface area contributed by atoms with Gasteiger partial charge in [-0.1, -0.05) is 0 Å². The van der Waals surface area contributed by atoms with Crippen molar-refractivity contribution in [3.8, 4) is 5.75 Å². The van der Waals surface area contributed by atoms with Gasteiger partial charge in [-0.05, 0) is 18.9 Å². The van der Waals surface area contributed by atoms with Crippen molar-refractivity contribution in [1.29, 1.82) is 0 Å². The fraction of sp³-hybridized carbons (Fsp3) is 0.455. The first-order chi connectivity index (χ1) is 8.16. The van der Waals surface area contributed by atoms with Crippen molar-refractivity contribution in [2.24, 2.45) is 0 Å². The van der Waals surface area contributed by atoms with E-state index in [2.05, 4.69) is 0 Å². The van der Waals surface area contributed by atoms with Gasteiger partial charge >= 0.3 is 5.69 Å². The maximum Gasteiger partial charge on any atom is 0.311 e. The molecule has 5 nitrogen and oxygen atoms in total. The predicted octanol–water partition coefficient (Wildman–Crippen LogP) is 2.64. The minimum Gasteiger partial charge on any atom is -0.458 e. The number of benzene rings is 1. The van der Waals surface area contributed by atoms with E-state index in [1.54, 1.807) is 0 Å². The van der Waals surface area contributed by atoms with Crippen LogP contribution in [0.15, 0.2) is 18.2 Å². The summed E-state index contributed by atoms with van der Waals surface area (Å²) in [4.78, 5) is 10.1. The quantitative estimate of drug-likeness (QED) is 0.602. The van der Waals surface area contributed by atoms with E-state index in [1.165, 1.54) is 0 Å². The van der Waals surface area contributed by atoms with E-state index < -0.39 is 17.0 Å². The molecule has 1 aromatic rings. The maximum atomic E-state index is 13.0. The lowest BCUT2D eigenvalue weighted by molar-refractivity contribution is -0.386. The van der Waals surface area contributed by atoms with Crippen LogP contribution in [-0.2, 0) is 4.74 Å². The number of halogens is 1. The highest BCUT2D eigenvalue weighted by atomic mass is 19.1. The fourth-order valence-corrected chi connectivity index (χ4v) is 1.68. The Morgan fingerprint density at radius 1 is 1.47 bits per heavy atom. The molecular formula is C11H12FNO4. The molecule has 1 unspecified atom stereocenters. The van der Waals surface area contributed by atoms with E-state index in [1.807, 2.05) is 0 Å². The number of nitrogens with zero attached hydrogens (tertiary/aromatic N) is 1. The second kappa shape index (κ2) is 5.09. The third-order valence-electron chi connectivity index (χ3n) is 2.51. The molecule has 1 aliphatic rings. The van der Waals surface area contributed by atoms with E-state index in [-0.39, 0.29) is 11.4 Å². The summed E-state index contributed by atoms with van der Waals surface area (Å²) >= 11 is 0. The highest BCUT2D eigenvalue weighted by Gasteiger charge is 2.21. The molecule has 2 rings (SSSR count). The molecule has 0 saturated carbocycles. The Labute approximate surface area is 97.3 Å². The number of hydrogen-bond donors (Lipinski definition) is 0. The molecule has 6 heteroatoms. The highest BCUT2D eigenvalue weighted by Crippen LogP contribution is 2.30. The van der Waals surface area contributed by atoms with E-state index in [4.69, 9.17) is 9.47 Å². The second-order valence-corrected chi connectivity index (χ2v) is 3.78. The van der Waals surface area contributed by atoms with Crippen LogP contribution in [0.5, 0.6) is 5.75 Å². The molecular weight excluding hydrogens is 229 g/mol. The fourth-order valence-electron chi connectivity index (χ4n) is 1.68. The van der Waals surface area contributed by atoms with Crippen LogP contribution in [0.3, 0.4) is 0 Å². The first kappa shape index (κ1) is 11.8. The Balaban J connectivity index is 2.17. The van der Waals surface area contributed by atoms with Crippen LogP contribution in [0.4, 0.5) is 10.1 Å². The molecule has 1 aromatic carbocycles. The monoisotopic (exact) mass is 241 g/mol. The van der Waals surface area contributed by atoms with Crippen molar-refractivity contribution in [2.45, 2.75) is 25.6 Å². The standard InChI is InChI=1S/C11H12FNO4/c12-8-4-5-9(13(14)15)10(7-8)17-11-3-1-2-6-16-11/h4-5,7,11H,1-3,6H2. The van der Waals surface area contributed by atoms with Gasteiger partial charge in [-0.15, -0.1) is 0 Å². The smallest absolute Gasteiger partial charge is 0.311 e. The molecule has 0 aliphatic carbocycles. The average molecular weight is 241 g/mol. The SMILES string of the molecule is O=[N+]([O-])c1ccc(F)cc1OC1CCCCO1. The Bertz CT molecular complexity index is 418. The largest absolute Gasteiger partial charge is 0.458 e. The average Bonchev–Trinajstić information content (AvgIpc) is 2.30. The van der Waals surface area contributed by atoms with Crippen LogP contribution >= 0.6 is 0 Å². The summed E-state index contributed by atoms with van der Waals surface area (Å²) in [5.74, 6) is -0.650. The molecule has 0 aromatic heterocycles. The Morgan fingerprint density at radius 3 is 2.94 bits per heavy atom. The van der Waals surface area contributed by atoms with E-state index in [0.29, 0.717) is 13.0 Å². The van der Waals surface area contributed by atoms with Gasteiger partial charge in [-0.3, -0.25) is 10.1 Å². The van der Waals surface area contributed by atoms with Gasteiger partial charge in [-0.25, -0.2) is 4.39 Å². The lowest BCUT2D eigenvalue weighted by Gasteiger charge is -2.23. The molecule has 1 atom stereocenters. The van der Waals surface area contributed by atoms with Gasteiger partial charge in [0.2, 0.25) is 5.75 Å². The van der Waals surface area contributed by atoms with Gasteiger partial charge < -0.3 is 9.47 Å². The maximum absolute atomic E-state index is 13.0. The predicted molar refractivity (Wildman–Crippen MR) is 57.3 cm³/mol. The molecule has 0 radical (unpaired) electrons. The van der Waals surface area contributed by atoms with Gasteiger partial charge in [0.15, 0.2) is 6.29 Å². The Kier molecular flexibility index (Phi) is 3.53. The van der Waals surface area contributed by atoms with Crippen LogP contribution in [0.1, 0.15) is 19.3 Å². The molecule has 1 fully saturated rings. The van der Waals surface area contributed by atoms with Gasteiger partial charge in [0.25, 0.3) is 0 Å². The van der Waals surface area contributed by atoms with E-state index in [0.717, 1.165) is 31.0 Å². The third kappa shape index (κ3) is 2.91. The van der Waals surface area contributed by atoms with Crippen molar-refractivity contribution < 1.29 is 18.8 Å². The summed E-state index contributed by atoms with van der Waals surface area (Å²) < 4.78 is 23.6. The Hall–Kier alpha value is -1.69. The number of rotatable bonds is 3. The van der Waals surface area contributed by atoms with Crippen LogP contribution in [-0.4, -0.2) is 17.8 Å². The van der Waals surface area contributed by atoms with Crippen molar-refractivity contribution in [3.05, 3.63) is 34.1 Å². The molecule has 0 spiro atoms. The molecule has 0 N–H and O–H groups in total. The zero-order chi connectivity index (χ0) is 12.3. The molecule has 0 bridgehead atoms. The zero-order valence-electron chi connectivity index (χ0n) is 9.10. The Morgan fingerprint density at radius 2 is 2.29 bits per heavy atom. The number of hydrogen-bond acceptors (Lipinski definition) is 4. The van der Waals surface area contributed by atoms with Crippen LogP contribution < -0.4 is 4.74 Å². The summed E-state index contributed by atoms with van der Waals surface area (Å²) in [6, 6.07) is 3.14. The second-order valence-electron chi connectivity index (χ2n) is 3.78. The van der Waals surface area contributed by atoms with E-state index >= 15 is 0 Å². The number of nitro groups is 1. The minimum absolute atomic E-state index is 0.0816. The number of nitro benzene ring substituents is 1. The van der Waals surface area contributed by atoms with Crippen LogP contribution in [0, 0.1) is 15.9 Å². The van der Waals surface area contributed by atoms with Crippen LogP contribution in [0.2, 0.25) is 0 Å². The van der Waals surface area contributed by atoms with Gasteiger partial charge in [0, 0.05) is 18.6 Å². The van der Waals surface area contributed by atoms with Crippen LogP contribution in [0.25, 0.3) is 0 Å². The zero-order valence-corrected chi connectivity index (χ0v) is 9.10. The first-order valence-corrected chi connectivity index (χ1v) is 5.39. The number of ether oxygens (including phenoxy) is 2. The highest BCUT2D eigenvalue weighted by molar-refractivity contribution is 5.46. The summed E-state index contributed by atoms with van der Waals surface area (Å²) in [6.07, 6.45) is 2.02. The lowest BCUT2D eigenvalue weighted by atomic mass is 10.2. The summed E-state index contributed by atoms with van der Waals surface area (Å²) in [7, 11) is 0. The van der Waals surface area contributed by atoms with Crippen molar-refractivity contribution in [1.82, 2.24) is 0 Å². The molecule has 1 saturated heterocycles.